The van der Waals surface area contributed by atoms with E-state index in [4.69, 9.17) is 20.3 Å². The largest absolute Gasteiger partial charge is 0.493 e. The second-order valence-corrected chi connectivity index (χ2v) is 9.02. The molecule has 4 rings (SSSR count). The van der Waals surface area contributed by atoms with Crippen LogP contribution < -0.4 is 15.2 Å². The zero-order valence-electron chi connectivity index (χ0n) is 18.3. The molecule has 9 heteroatoms. The van der Waals surface area contributed by atoms with E-state index in [1.165, 1.54) is 0 Å². The highest BCUT2D eigenvalue weighted by Crippen LogP contribution is 2.38. The summed E-state index contributed by atoms with van der Waals surface area (Å²) in [5.41, 5.74) is 7.32. The van der Waals surface area contributed by atoms with E-state index in [1.54, 1.807) is 30.6 Å². The fourth-order valence-corrected chi connectivity index (χ4v) is 5.07. The number of hydrogen-bond acceptors (Lipinski definition) is 7. The quantitative estimate of drug-likeness (QED) is 0.691. The summed E-state index contributed by atoms with van der Waals surface area (Å²) in [4.78, 5) is 28.1. The molecule has 0 spiro atoms. The summed E-state index contributed by atoms with van der Waals surface area (Å²) in [5, 5.41) is 8.32. The van der Waals surface area contributed by atoms with Gasteiger partial charge in [0.05, 0.1) is 43.3 Å². The van der Waals surface area contributed by atoms with E-state index in [9.17, 15) is 9.59 Å². The molecule has 0 bridgehead atoms. The van der Waals surface area contributed by atoms with Crippen molar-refractivity contribution in [3.05, 3.63) is 46.2 Å². The van der Waals surface area contributed by atoms with Gasteiger partial charge in [0.25, 0.3) is 5.91 Å². The lowest BCUT2D eigenvalue weighted by Gasteiger charge is -2.32. The van der Waals surface area contributed by atoms with Crippen molar-refractivity contribution in [3.63, 3.8) is 0 Å². The highest BCUT2D eigenvalue weighted by atomic mass is 32.1. The Bertz CT molecular complexity index is 1010. The molecule has 2 aliphatic heterocycles. The second-order valence-electron chi connectivity index (χ2n) is 8.07. The third-order valence-electron chi connectivity index (χ3n) is 6.03. The monoisotopic (exact) mass is 456 g/mol. The zero-order valence-corrected chi connectivity index (χ0v) is 19.1. The summed E-state index contributed by atoms with van der Waals surface area (Å²) in [6.07, 6.45) is 2.24. The van der Waals surface area contributed by atoms with Gasteiger partial charge in [-0.3, -0.25) is 14.5 Å². The van der Waals surface area contributed by atoms with Gasteiger partial charge in [-0.05, 0) is 48.5 Å². The molecule has 1 aromatic carbocycles. The van der Waals surface area contributed by atoms with Crippen molar-refractivity contribution in [1.29, 1.82) is 0 Å². The molecule has 32 heavy (non-hydrogen) atoms. The van der Waals surface area contributed by atoms with Crippen LogP contribution >= 0.6 is 11.3 Å². The number of thiophene rings is 1. The number of piperidine rings is 1. The Labute approximate surface area is 191 Å². The maximum atomic E-state index is 13.4. The lowest BCUT2D eigenvalue weighted by Crippen LogP contribution is -2.45. The molecule has 8 nitrogen and oxygen atoms in total. The van der Waals surface area contributed by atoms with Crippen molar-refractivity contribution in [3.8, 4) is 11.5 Å². The molecule has 170 valence electrons. The van der Waals surface area contributed by atoms with Crippen LogP contribution in [0.2, 0.25) is 0 Å². The number of nitrogens with two attached hydrogens (primary N) is 1. The number of benzene rings is 1. The molecule has 0 unspecified atom stereocenters. The zero-order chi connectivity index (χ0) is 22.7. The van der Waals surface area contributed by atoms with E-state index >= 15 is 0 Å². The third-order valence-corrected chi connectivity index (χ3v) is 6.95. The van der Waals surface area contributed by atoms with E-state index in [0.29, 0.717) is 24.5 Å². The van der Waals surface area contributed by atoms with Crippen LogP contribution in [0.1, 0.15) is 35.7 Å². The number of rotatable bonds is 7. The average Bonchev–Trinajstić information content (AvgIpc) is 3.49. The number of nitrogens with zero attached hydrogens (tertiary/aromatic N) is 3. The van der Waals surface area contributed by atoms with Crippen molar-refractivity contribution in [1.82, 2.24) is 9.91 Å². The molecule has 2 aliphatic rings. The molecular formula is C23H28N4O4S. The van der Waals surface area contributed by atoms with E-state index in [0.717, 1.165) is 35.5 Å². The number of primary amides is 1. The number of carbonyl (C=O) groups excluding carboxylic acids is 2. The van der Waals surface area contributed by atoms with Crippen LogP contribution in [0.4, 0.5) is 0 Å². The molecule has 2 atom stereocenters. The van der Waals surface area contributed by atoms with E-state index in [1.807, 2.05) is 40.6 Å². The fourth-order valence-electron chi connectivity index (χ4n) is 4.35. The Morgan fingerprint density at radius 1 is 1.22 bits per heavy atom. The fraction of sp³-hybridized carbons (Fsp3) is 0.435. The highest BCUT2D eigenvalue weighted by Gasteiger charge is 2.35. The van der Waals surface area contributed by atoms with Crippen molar-refractivity contribution in [2.24, 2.45) is 16.8 Å². The molecule has 3 heterocycles. The van der Waals surface area contributed by atoms with E-state index in [-0.39, 0.29) is 30.3 Å². The first-order valence-electron chi connectivity index (χ1n) is 10.7. The molecular weight excluding hydrogens is 428 g/mol. The minimum absolute atomic E-state index is 0.0959. The Morgan fingerprint density at radius 3 is 2.72 bits per heavy atom. The lowest BCUT2D eigenvalue weighted by molar-refractivity contribution is -0.135. The Kier molecular flexibility index (Phi) is 6.76. The number of likely N-dealkylation sites (tertiary alicyclic amines) is 1. The van der Waals surface area contributed by atoms with Crippen molar-refractivity contribution in [2.45, 2.75) is 25.3 Å². The molecule has 1 fully saturated rings. The van der Waals surface area contributed by atoms with Gasteiger partial charge in [-0.25, -0.2) is 5.01 Å². The van der Waals surface area contributed by atoms with Crippen molar-refractivity contribution >= 4 is 28.9 Å². The number of hydrogen-bond donors (Lipinski definition) is 1. The number of methoxy groups -OCH3 is 2. The normalized spacial score (nSPS) is 21.3. The minimum atomic E-state index is -0.301. The SMILES string of the molecule is COc1ccc([C@@H]2CC(c3cccs3)=NN2C(=O)CN2CCC[C@@H](C(N)=O)C2)cc1OC. The van der Waals surface area contributed by atoms with E-state index < -0.39 is 0 Å². The van der Waals surface area contributed by atoms with Crippen molar-refractivity contribution < 1.29 is 19.1 Å². The Balaban J connectivity index is 1.58. The van der Waals surface area contributed by atoms with Gasteiger partial charge in [0.15, 0.2) is 11.5 Å². The van der Waals surface area contributed by atoms with Gasteiger partial charge in [0.1, 0.15) is 0 Å². The lowest BCUT2D eigenvalue weighted by atomic mass is 9.97. The molecule has 2 amide bonds. The first kappa shape index (κ1) is 22.3. The molecule has 1 aromatic heterocycles. The summed E-state index contributed by atoms with van der Waals surface area (Å²) in [7, 11) is 3.19. The molecule has 0 radical (unpaired) electrons. The van der Waals surface area contributed by atoms with Gasteiger partial charge in [-0.15, -0.1) is 11.3 Å². The summed E-state index contributed by atoms with van der Waals surface area (Å²) < 4.78 is 10.8. The summed E-state index contributed by atoms with van der Waals surface area (Å²) in [6.45, 7) is 1.48. The summed E-state index contributed by atoms with van der Waals surface area (Å²) >= 11 is 1.61. The van der Waals surface area contributed by atoms with E-state index in [2.05, 4.69) is 0 Å². The number of amides is 2. The summed E-state index contributed by atoms with van der Waals surface area (Å²) in [5.74, 6) is 0.646. The van der Waals surface area contributed by atoms with Gasteiger partial charge >= 0.3 is 0 Å². The van der Waals surface area contributed by atoms with Crippen LogP contribution in [0.5, 0.6) is 11.5 Å². The second kappa shape index (κ2) is 9.70. The first-order valence-corrected chi connectivity index (χ1v) is 11.5. The van der Waals surface area contributed by atoms with Crippen molar-refractivity contribution in [2.75, 3.05) is 33.9 Å². The van der Waals surface area contributed by atoms with Gasteiger partial charge in [-0.1, -0.05) is 12.1 Å². The smallest absolute Gasteiger partial charge is 0.257 e. The molecule has 2 aromatic rings. The topological polar surface area (TPSA) is 97.5 Å². The average molecular weight is 457 g/mol. The van der Waals surface area contributed by atoms with Gasteiger partial charge < -0.3 is 15.2 Å². The predicted octanol–water partition coefficient (Wildman–Crippen LogP) is 2.64. The van der Waals surface area contributed by atoms with Crippen LogP contribution in [0.3, 0.4) is 0 Å². The van der Waals surface area contributed by atoms with Crippen LogP contribution in [0.15, 0.2) is 40.8 Å². The van der Waals surface area contributed by atoms with Crippen LogP contribution in [-0.2, 0) is 9.59 Å². The highest BCUT2D eigenvalue weighted by molar-refractivity contribution is 7.12. The third kappa shape index (κ3) is 4.63. The van der Waals surface area contributed by atoms with Gasteiger partial charge in [-0.2, -0.15) is 5.10 Å². The number of hydrazone groups is 1. The Morgan fingerprint density at radius 2 is 2.03 bits per heavy atom. The number of carbonyl (C=O) groups is 2. The molecule has 0 saturated carbocycles. The molecule has 1 saturated heterocycles. The predicted molar refractivity (Wildman–Crippen MR) is 123 cm³/mol. The van der Waals surface area contributed by atoms with Crippen LogP contribution in [0, 0.1) is 5.92 Å². The maximum Gasteiger partial charge on any atom is 0.257 e. The first-order chi connectivity index (χ1) is 15.5. The summed E-state index contributed by atoms with van der Waals surface area (Å²) in [6, 6.07) is 9.46. The molecule has 2 N–H and O–H groups in total. The van der Waals surface area contributed by atoms with Gasteiger partial charge in [0, 0.05) is 13.0 Å². The number of ether oxygens (including phenoxy) is 2. The van der Waals surface area contributed by atoms with Gasteiger partial charge in [0.2, 0.25) is 5.91 Å². The molecule has 0 aliphatic carbocycles. The standard InChI is InChI=1S/C23H28N4O4S/c1-30-19-8-7-15(11-20(19)31-2)18-12-17(21-6-4-10-32-21)25-27(18)22(28)14-26-9-3-5-16(13-26)23(24)29/h4,6-8,10-11,16,18H,3,5,9,12-14H2,1-2H3,(H2,24,29)/t16-,18+/m1/s1. The van der Waals surface area contributed by atoms with Crippen LogP contribution in [0.25, 0.3) is 0 Å². The van der Waals surface area contributed by atoms with Crippen LogP contribution in [-0.4, -0.2) is 61.3 Å². The maximum absolute atomic E-state index is 13.4. The Hall–Kier alpha value is -2.91. The minimum Gasteiger partial charge on any atom is -0.493 e.